The molecule has 0 spiro atoms. The van der Waals surface area contributed by atoms with Crippen LogP contribution in [0.3, 0.4) is 0 Å². The maximum absolute atomic E-state index is 12.2. The molecule has 1 N–H and O–H groups in total. The molecule has 2 aromatic carbocycles. The highest BCUT2D eigenvalue weighted by Gasteiger charge is 2.10. The highest BCUT2D eigenvalue weighted by molar-refractivity contribution is 6.02. The number of benzene rings is 2. The second-order valence-electron chi connectivity index (χ2n) is 4.99. The van der Waals surface area contributed by atoms with Crippen LogP contribution in [0.4, 0.5) is 5.69 Å². The summed E-state index contributed by atoms with van der Waals surface area (Å²) < 4.78 is 1.69. The summed E-state index contributed by atoms with van der Waals surface area (Å²) in [7, 11) is 0. The van der Waals surface area contributed by atoms with E-state index in [0.29, 0.717) is 5.69 Å². The van der Waals surface area contributed by atoms with Crippen molar-refractivity contribution in [2.45, 2.75) is 13.3 Å². The van der Waals surface area contributed by atoms with E-state index in [0.717, 1.165) is 17.8 Å². The van der Waals surface area contributed by atoms with Crippen LogP contribution >= 0.6 is 0 Å². The number of nitrogens with one attached hydrogen (secondary N) is 1. The smallest absolute Gasteiger partial charge is 0.276 e. The van der Waals surface area contributed by atoms with Crippen molar-refractivity contribution in [2.24, 2.45) is 0 Å². The van der Waals surface area contributed by atoms with Gasteiger partial charge in [0, 0.05) is 11.9 Å². The first-order valence-corrected chi connectivity index (χ1v) is 7.27. The molecule has 0 saturated carbocycles. The summed E-state index contributed by atoms with van der Waals surface area (Å²) in [4.78, 5) is 12.2. The van der Waals surface area contributed by atoms with Gasteiger partial charge in [-0.3, -0.25) is 4.79 Å². The summed E-state index contributed by atoms with van der Waals surface area (Å²) >= 11 is 0. The minimum Gasteiger partial charge on any atom is -0.321 e. The van der Waals surface area contributed by atoms with Crippen molar-refractivity contribution < 1.29 is 4.79 Å². The topological polar surface area (TPSA) is 46.9 Å². The zero-order valence-electron chi connectivity index (χ0n) is 12.4. The van der Waals surface area contributed by atoms with E-state index in [2.05, 4.69) is 17.3 Å². The van der Waals surface area contributed by atoms with E-state index in [1.165, 1.54) is 5.56 Å². The number of para-hydroxylation sites is 1. The third-order valence-corrected chi connectivity index (χ3v) is 3.46. The van der Waals surface area contributed by atoms with Crippen LogP contribution in [-0.4, -0.2) is 15.7 Å². The molecule has 110 valence electrons. The lowest BCUT2D eigenvalue weighted by Crippen LogP contribution is -2.13. The molecule has 4 heteroatoms. The summed E-state index contributed by atoms with van der Waals surface area (Å²) in [5.74, 6) is -0.209. The Morgan fingerprint density at radius 1 is 1.05 bits per heavy atom. The SMILES string of the molecule is CCc1ccc(NC(=O)c2ccn(-c3ccccc3)n2)cc1. The third-order valence-electron chi connectivity index (χ3n) is 3.46. The van der Waals surface area contributed by atoms with Crippen LogP contribution in [0.5, 0.6) is 0 Å². The van der Waals surface area contributed by atoms with Gasteiger partial charge < -0.3 is 5.32 Å². The lowest BCUT2D eigenvalue weighted by atomic mass is 10.1. The number of hydrogen-bond donors (Lipinski definition) is 1. The first-order chi connectivity index (χ1) is 10.8. The second-order valence-corrected chi connectivity index (χ2v) is 4.99. The Morgan fingerprint density at radius 3 is 2.45 bits per heavy atom. The predicted molar refractivity (Wildman–Crippen MR) is 87.3 cm³/mol. The number of aromatic nitrogens is 2. The Bertz CT molecular complexity index is 761. The molecule has 1 amide bonds. The van der Waals surface area contributed by atoms with Gasteiger partial charge in [-0.2, -0.15) is 5.10 Å². The number of aryl methyl sites for hydroxylation is 1. The van der Waals surface area contributed by atoms with E-state index >= 15 is 0 Å². The monoisotopic (exact) mass is 291 g/mol. The molecule has 1 heterocycles. The zero-order chi connectivity index (χ0) is 15.4. The van der Waals surface area contributed by atoms with E-state index in [1.54, 1.807) is 16.9 Å². The highest BCUT2D eigenvalue weighted by atomic mass is 16.1. The summed E-state index contributed by atoms with van der Waals surface area (Å²) in [5, 5.41) is 7.17. The number of anilines is 1. The van der Waals surface area contributed by atoms with Crippen molar-refractivity contribution in [3.63, 3.8) is 0 Å². The normalized spacial score (nSPS) is 10.4. The number of amides is 1. The Morgan fingerprint density at radius 2 is 1.77 bits per heavy atom. The predicted octanol–water partition coefficient (Wildman–Crippen LogP) is 3.69. The molecule has 0 bridgehead atoms. The lowest BCUT2D eigenvalue weighted by Gasteiger charge is -2.04. The standard InChI is InChI=1S/C18H17N3O/c1-2-14-8-10-15(11-9-14)19-18(22)17-12-13-21(20-17)16-6-4-3-5-7-16/h3-13H,2H2,1H3,(H,19,22). The largest absolute Gasteiger partial charge is 0.321 e. The number of nitrogens with zero attached hydrogens (tertiary/aromatic N) is 2. The molecule has 0 atom stereocenters. The van der Waals surface area contributed by atoms with Gasteiger partial charge in [0.25, 0.3) is 5.91 Å². The Hall–Kier alpha value is -2.88. The second kappa shape index (κ2) is 6.26. The van der Waals surface area contributed by atoms with Crippen molar-refractivity contribution in [3.8, 4) is 5.69 Å². The maximum Gasteiger partial charge on any atom is 0.276 e. The molecule has 0 fully saturated rings. The van der Waals surface area contributed by atoms with E-state index in [9.17, 15) is 4.79 Å². The van der Waals surface area contributed by atoms with Gasteiger partial charge in [0.2, 0.25) is 0 Å². The zero-order valence-corrected chi connectivity index (χ0v) is 12.4. The molecule has 0 aliphatic carbocycles. The van der Waals surface area contributed by atoms with Crippen molar-refractivity contribution >= 4 is 11.6 Å². The van der Waals surface area contributed by atoms with E-state index in [-0.39, 0.29) is 5.91 Å². The number of rotatable bonds is 4. The third kappa shape index (κ3) is 3.06. The average molecular weight is 291 g/mol. The van der Waals surface area contributed by atoms with Gasteiger partial charge >= 0.3 is 0 Å². The molecule has 0 aliphatic rings. The van der Waals surface area contributed by atoms with Crippen LogP contribution in [0, 0.1) is 0 Å². The molecular formula is C18H17N3O. The molecule has 22 heavy (non-hydrogen) atoms. The lowest BCUT2D eigenvalue weighted by molar-refractivity contribution is 0.102. The van der Waals surface area contributed by atoms with Gasteiger partial charge in [-0.25, -0.2) is 4.68 Å². The Kier molecular flexibility index (Phi) is 4.01. The summed E-state index contributed by atoms with van der Waals surface area (Å²) in [5.41, 5.74) is 3.33. The molecule has 4 nitrogen and oxygen atoms in total. The molecular weight excluding hydrogens is 274 g/mol. The fourth-order valence-electron chi connectivity index (χ4n) is 2.19. The van der Waals surface area contributed by atoms with Crippen molar-refractivity contribution in [3.05, 3.63) is 78.1 Å². The number of carbonyl (C=O) groups excluding carboxylic acids is 1. The molecule has 0 saturated heterocycles. The van der Waals surface area contributed by atoms with Crippen molar-refractivity contribution in [1.82, 2.24) is 9.78 Å². The Balaban J connectivity index is 1.74. The molecule has 0 aliphatic heterocycles. The summed E-state index contributed by atoms with van der Waals surface area (Å²) in [6, 6.07) is 19.3. The van der Waals surface area contributed by atoms with Crippen molar-refractivity contribution in [2.75, 3.05) is 5.32 Å². The first kappa shape index (κ1) is 14.1. The van der Waals surface area contributed by atoms with Crippen LogP contribution < -0.4 is 5.32 Å². The van der Waals surface area contributed by atoms with Gasteiger partial charge in [0.15, 0.2) is 5.69 Å². The van der Waals surface area contributed by atoms with E-state index in [1.807, 2.05) is 54.6 Å². The fourth-order valence-corrected chi connectivity index (χ4v) is 2.19. The number of hydrogen-bond acceptors (Lipinski definition) is 2. The van der Waals surface area contributed by atoms with Crippen LogP contribution in [0.2, 0.25) is 0 Å². The van der Waals surface area contributed by atoms with Crippen LogP contribution in [0.15, 0.2) is 66.9 Å². The minimum atomic E-state index is -0.209. The molecule has 3 rings (SSSR count). The first-order valence-electron chi connectivity index (χ1n) is 7.27. The van der Waals surface area contributed by atoms with Gasteiger partial charge in [0.05, 0.1) is 5.69 Å². The molecule has 0 radical (unpaired) electrons. The highest BCUT2D eigenvalue weighted by Crippen LogP contribution is 2.12. The van der Waals surface area contributed by atoms with Gasteiger partial charge in [0.1, 0.15) is 0 Å². The van der Waals surface area contributed by atoms with Crippen LogP contribution in [0.1, 0.15) is 23.0 Å². The summed E-state index contributed by atoms with van der Waals surface area (Å²) in [6.07, 6.45) is 2.76. The van der Waals surface area contributed by atoms with E-state index in [4.69, 9.17) is 0 Å². The number of carbonyl (C=O) groups is 1. The maximum atomic E-state index is 12.2. The quantitative estimate of drug-likeness (QED) is 0.797. The summed E-state index contributed by atoms with van der Waals surface area (Å²) in [6.45, 7) is 2.10. The van der Waals surface area contributed by atoms with Gasteiger partial charge in [-0.05, 0) is 42.3 Å². The van der Waals surface area contributed by atoms with Gasteiger partial charge in [-0.1, -0.05) is 37.3 Å². The molecule has 1 aromatic heterocycles. The molecule has 0 unspecified atom stereocenters. The minimum absolute atomic E-state index is 0.209. The van der Waals surface area contributed by atoms with Crippen molar-refractivity contribution in [1.29, 1.82) is 0 Å². The van der Waals surface area contributed by atoms with Crippen LogP contribution in [-0.2, 0) is 6.42 Å². The fraction of sp³-hybridized carbons (Fsp3) is 0.111. The van der Waals surface area contributed by atoms with Gasteiger partial charge in [-0.15, -0.1) is 0 Å². The van der Waals surface area contributed by atoms with Crippen LogP contribution in [0.25, 0.3) is 5.69 Å². The average Bonchev–Trinajstić information content (AvgIpc) is 3.06. The Labute approximate surface area is 129 Å². The van der Waals surface area contributed by atoms with E-state index < -0.39 is 0 Å². The molecule has 3 aromatic rings.